The van der Waals surface area contributed by atoms with E-state index >= 15 is 0 Å². The molecule has 1 fully saturated rings. The second-order valence-electron chi connectivity index (χ2n) is 6.04. The lowest BCUT2D eigenvalue weighted by atomic mass is 9.92. The van der Waals surface area contributed by atoms with E-state index in [2.05, 4.69) is 31.0 Å². The van der Waals surface area contributed by atoms with E-state index < -0.39 is 12.8 Å². The van der Waals surface area contributed by atoms with Crippen LogP contribution in [0.15, 0.2) is 0 Å². The molecule has 0 aromatic heterocycles. The zero-order valence-corrected chi connectivity index (χ0v) is 13.4. The molecule has 21 heavy (non-hydrogen) atoms. The maximum absolute atomic E-state index is 12.0. The minimum atomic E-state index is -4.22. The summed E-state index contributed by atoms with van der Waals surface area (Å²) < 4.78 is 40.7. The van der Waals surface area contributed by atoms with Crippen molar-refractivity contribution in [2.24, 2.45) is 0 Å². The van der Waals surface area contributed by atoms with Crippen LogP contribution in [-0.2, 0) is 4.74 Å². The summed E-state index contributed by atoms with van der Waals surface area (Å²) in [4.78, 5) is 2.39. The molecule has 1 N–H and O–H groups in total. The molecule has 1 heterocycles. The highest BCUT2D eigenvalue weighted by atomic mass is 19.4. The van der Waals surface area contributed by atoms with Gasteiger partial charge in [-0.3, -0.25) is 4.90 Å². The first-order valence-corrected chi connectivity index (χ1v) is 7.95. The number of halogens is 3. The molecule has 0 aliphatic carbocycles. The number of nitrogens with one attached hydrogen (secondary N) is 1. The van der Waals surface area contributed by atoms with Gasteiger partial charge in [0.05, 0.1) is 0 Å². The molecule has 1 atom stereocenters. The molecule has 126 valence electrons. The van der Waals surface area contributed by atoms with Crippen LogP contribution in [0.5, 0.6) is 0 Å². The fourth-order valence-electron chi connectivity index (χ4n) is 2.91. The third-order valence-electron chi connectivity index (χ3n) is 4.54. The van der Waals surface area contributed by atoms with Gasteiger partial charge in [0.1, 0.15) is 6.61 Å². The van der Waals surface area contributed by atoms with Gasteiger partial charge < -0.3 is 10.1 Å². The van der Waals surface area contributed by atoms with E-state index in [1.165, 1.54) is 0 Å². The predicted octanol–water partition coefficient (Wildman–Crippen LogP) is 3.20. The van der Waals surface area contributed by atoms with Gasteiger partial charge in [-0.2, -0.15) is 13.2 Å². The first-order chi connectivity index (χ1) is 9.82. The Morgan fingerprint density at radius 2 is 1.95 bits per heavy atom. The van der Waals surface area contributed by atoms with Crippen LogP contribution < -0.4 is 5.32 Å². The SMILES string of the molecule is CCC1(CC)CN(CCCOCC(F)(F)F)C(C)CCN1. The van der Waals surface area contributed by atoms with Crippen LogP contribution in [0.4, 0.5) is 13.2 Å². The molecule has 1 unspecified atom stereocenters. The first kappa shape index (κ1) is 18.7. The summed E-state index contributed by atoms with van der Waals surface area (Å²) in [6.07, 6.45) is -0.372. The van der Waals surface area contributed by atoms with Crippen molar-refractivity contribution in [2.75, 3.05) is 32.8 Å². The van der Waals surface area contributed by atoms with Crippen molar-refractivity contribution in [1.29, 1.82) is 0 Å². The van der Waals surface area contributed by atoms with Crippen molar-refractivity contribution >= 4 is 0 Å². The third-order valence-corrected chi connectivity index (χ3v) is 4.54. The number of hydrogen-bond donors (Lipinski definition) is 1. The Morgan fingerprint density at radius 1 is 1.29 bits per heavy atom. The van der Waals surface area contributed by atoms with E-state index in [1.54, 1.807) is 0 Å². The lowest BCUT2D eigenvalue weighted by Crippen LogP contribution is -2.51. The molecule has 1 aliphatic heterocycles. The molecule has 0 aromatic carbocycles. The van der Waals surface area contributed by atoms with Gasteiger partial charge >= 0.3 is 6.18 Å². The number of hydrogen-bond acceptors (Lipinski definition) is 3. The quantitative estimate of drug-likeness (QED) is 0.731. The van der Waals surface area contributed by atoms with Crippen LogP contribution in [0.2, 0.25) is 0 Å². The topological polar surface area (TPSA) is 24.5 Å². The highest BCUT2D eigenvalue weighted by Crippen LogP contribution is 2.22. The molecule has 0 amide bonds. The van der Waals surface area contributed by atoms with Gasteiger partial charge in [0.2, 0.25) is 0 Å². The number of ether oxygens (including phenoxy) is 1. The van der Waals surface area contributed by atoms with Gasteiger partial charge in [-0.15, -0.1) is 0 Å². The van der Waals surface area contributed by atoms with Crippen molar-refractivity contribution in [3.8, 4) is 0 Å². The summed E-state index contributed by atoms with van der Waals surface area (Å²) in [6, 6.07) is 0.458. The lowest BCUT2D eigenvalue weighted by molar-refractivity contribution is -0.174. The van der Waals surface area contributed by atoms with Crippen LogP contribution in [0.25, 0.3) is 0 Å². The summed E-state index contributed by atoms with van der Waals surface area (Å²) in [6.45, 7) is 8.36. The zero-order valence-electron chi connectivity index (χ0n) is 13.4. The highest BCUT2D eigenvalue weighted by molar-refractivity contribution is 4.93. The minimum Gasteiger partial charge on any atom is -0.372 e. The maximum atomic E-state index is 12.0. The second kappa shape index (κ2) is 8.34. The molecule has 3 nitrogen and oxygen atoms in total. The molecule has 1 rings (SSSR count). The van der Waals surface area contributed by atoms with Crippen molar-refractivity contribution < 1.29 is 17.9 Å². The molecule has 0 radical (unpaired) electrons. The van der Waals surface area contributed by atoms with E-state index in [-0.39, 0.29) is 12.1 Å². The summed E-state index contributed by atoms with van der Waals surface area (Å²) >= 11 is 0. The Bertz CT molecular complexity index is 293. The molecule has 0 saturated carbocycles. The van der Waals surface area contributed by atoms with E-state index in [4.69, 9.17) is 4.74 Å². The standard InChI is InChI=1S/C15H29F3N2O/c1-4-14(5-2)11-20(13(3)7-8-19-14)9-6-10-21-12-15(16,17)18/h13,19H,4-12H2,1-3H3. The lowest BCUT2D eigenvalue weighted by Gasteiger charge is -2.37. The van der Waals surface area contributed by atoms with Crippen LogP contribution in [0.1, 0.15) is 46.5 Å². The molecule has 0 bridgehead atoms. The zero-order chi connectivity index (χ0) is 15.9. The average Bonchev–Trinajstić information content (AvgIpc) is 2.57. The molecule has 0 spiro atoms. The van der Waals surface area contributed by atoms with Crippen molar-refractivity contribution in [3.05, 3.63) is 0 Å². The van der Waals surface area contributed by atoms with E-state index in [0.717, 1.165) is 38.9 Å². The Kier molecular flexibility index (Phi) is 7.44. The Morgan fingerprint density at radius 3 is 2.52 bits per heavy atom. The fourth-order valence-corrected chi connectivity index (χ4v) is 2.91. The van der Waals surface area contributed by atoms with Crippen molar-refractivity contribution in [2.45, 2.75) is 64.2 Å². The fraction of sp³-hybridized carbons (Fsp3) is 1.00. The summed E-state index contributed by atoms with van der Waals surface area (Å²) in [7, 11) is 0. The molecule has 1 saturated heterocycles. The second-order valence-corrected chi connectivity index (χ2v) is 6.04. The smallest absolute Gasteiger partial charge is 0.372 e. The predicted molar refractivity (Wildman–Crippen MR) is 78.5 cm³/mol. The van der Waals surface area contributed by atoms with E-state index in [9.17, 15) is 13.2 Å². The van der Waals surface area contributed by atoms with Crippen LogP contribution in [0.3, 0.4) is 0 Å². The molecule has 0 aromatic rings. The van der Waals surface area contributed by atoms with Gasteiger partial charge in [-0.05, 0) is 39.2 Å². The number of rotatable bonds is 7. The molecule has 6 heteroatoms. The van der Waals surface area contributed by atoms with Gasteiger partial charge in [0.15, 0.2) is 0 Å². The maximum Gasteiger partial charge on any atom is 0.411 e. The Labute approximate surface area is 126 Å². The summed E-state index contributed by atoms with van der Waals surface area (Å²) in [5.74, 6) is 0. The van der Waals surface area contributed by atoms with Gasteiger partial charge in [0, 0.05) is 31.3 Å². The molecular weight excluding hydrogens is 281 g/mol. The normalized spacial score (nSPS) is 24.0. The Balaban J connectivity index is 2.40. The van der Waals surface area contributed by atoms with Gasteiger partial charge in [0.25, 0.3) is 0 Å². The first-order valence-electron chi connectivity index (χ1n) is 7.95. The van der Waals surface area contributed by atoms with Gasteiger partial charge in [-0.25, -0.2) is 0 Å². The number of alkyl halides is 3. The van der Waals surface area contributed by atoms with Crippen LogP contribution in [-0.4, -0.2) is 55.5 Å². The van der Waals surface area contributed by atoms with Crippen molar-refractivity contribution in [3.63, 3.8) is 0 Å². The minimum absolute atomic E-state index is 0.136. The summed E-state index contributed by atoms with van der Waals surface area (Å²) in [5.41, 5.74) is 0.136. The largest absolute Gasteiger partial charge is 0.411 e. The Hall–Kier alpha value is -0.330. The van der Waals surface area contributed by atoms with E-state index in [1.807, 2.05) is 0 Å². The van der Waals surface area contributed by atoms with Crippen molar-refractivity contribution in [1.82, 2.24) is 10.2 Å². The molecule has 1 aliphatic rings. The van der Waals surface area contributed by atoms with E-state index in [0.29, 0.717) is 12.5 Å². The average molecular weight is 310 g/mol. The third kappa shape index (κ3) is 6.53. The van der Waals surface area contributed by atoms with Gasteiger partial charge in [-0.1, -0.05) is 13.8 Å². The van der Waals surface area contributed by atoms with Crippen LogP contribution in [0, 0.1) is 0 Å². The van der Waals surface area contributed by atoms with Crippen LogP contribution >= 0.6 is 0 Å². The highest BCUT2D eigenvalue weighted by Gasteiger charge is 2.32. The monoisotopic (exact) mass is 310 g/mol. The molecular formula is C15H29F3N2O. The summed E-state index contributed by atoms with van der Waals surface area (Å²) in [5, 5.41) is 3.65. The number of nitrogens with zero attached hydrogens (tertiary/aromatic N) is 1.